The Kier molecular flexibility index (Phi) is 11.0. The summed E-state index contributed by atoms with van der Waals surface area (Å²) in [7, 11) is 0. The highest BCUT2D eigenvalue weighted by atomic mass is 16.3. The molecule has 0 saturated carbocycles. The van der Waals surface area contributed by atoms with Crippen molar-refractivity contribution in [1.82, 2.24) is 0 Å². The molecule has 0 atom stereocenters. The summed E-state index contributed by atoms with van der Waals surface area (Å²) >= 11 is 0. The maximum atomic E-state index is 11.9. The molecule has 0 heterocycles. The van der Waals surface area contributed by atoms with Crippen LogP contribution < -0.4 is 5.32 Å². The lowest BCUT2D eigenvalue weighted by molar-refractivity contribution is -0.116. The first-order valence-electron chi connectivity index (χ1n) is 9.73. The number of aryl methyl sites for hydroxylation is 1. The lowest BCUT2D eigenvalue weighted by atomic mass is 10.1. The number of amides is 1. The third kappa shape index (κ3) is 9.59. The van der Waals surface area contributed by atoms with E-state index in [0.29, 0.717) is 6.42 Å². The molecule has 1 rings (SSSR count). The van der Waals surface area contributed by atoms with Crippen molar-refractivity contribution in [3.8, 4) is 5.75 Å². The highest BCUT2D eigenvalue weighted by Crippen LogP contribution is 2.20. The lowest BCUT2D eigenvalue weighted by Crippen LogP contribution is -2.11. The number of hydrogen-bond donors (Lipinski definition) is 2. The van der Waals surface area contributed by atoms with E-state index in [2.05, 4.69) is 12.2 Å². The smallest absolute Gasteiger partial charge is 0.224 e. The van der Waals surface area contributed by atoms with Crippen molar-refractivity contribution >= 4 is 11.6 Å². The third-order valence-corrected chi connectivity index (χ3v) is 4.49. The van der Waals surface area contributed by atoms with Crippen molar-refractivity contribution in [2.24, 2.45) is 0 Å². The maximum absolute atomic E-state index is 11.9. The second-order valence-electron chi connectivity index (χ2n) is 6.83. The molecular formula is C21H35NO2. The van der Waals surface area contributed by atoms with Gasteiger partial charge >= 0.3 is 0 Å². The topological polar surface area (TPSA) is 49.3 Å². The molecular weight excluding hydrogens is 298 g/mol. The molecule has 0 fully saturated rings. The first-order valence-corrected chi connectivity index (χ1v) is 9.73. The number of aromatic hydroxyl groups is 1. The first kappa shape index (κ1) is 20.5. The molecule has 2 N–H and O–H groups in total. The summed E-state index contributed by atoms with van der Waals surface area (Å²) in [5, 5.41) is 12.4. The van der Waals surface area contributed by atoms with Gasteiger partial charge in [-0.15, -0.1) is 0 Å². The van der Waals surface area contributed by atoms with Gasteiger partial charge in [-0.05, 0) is 37.1 Å². The second-order valence-corrected chi connectivity index (χ2v) is 6.83. The molecule has 0 aliphatic carbocycles. The summed E-state index contributed by atoms with van der Waals surface area (Å²) in [6.45, 7) is 4.08. The van der Waals surface area contributed by atoms with E-state index in [-0.39, 0.29) is 11.7 Å². The average molecular weight is 334 g/mol. The van der Waals surface area contributed by atoms with E-state index in [1.54, 1.807) is 18.2 Å². The van der Waals surface area contributed by atoms with Crippen molar-refractivity contribution in [1.29, 1.82) is 0 Å². The normalized spacial score (nSPS) is 10.8. The van der Waals surface area contributed by atoms with Crippen LogP contribution in [0.5, 0.6) is 5.75 Å². The summed E-state index contributed by atoms with van der Waals surface area (Å²) in [6.07, 6.45) is 14.8. The van der Waals surface area contributed by atoms with Crippen LogP contribution in [-0.2, 0) is 4.79 Å². The molecule has 1 amide bonds. The van der Waals surface area contributed by atoms with Crippen molar-refractivity contribution in [2.75, 3.05) is 5.32 Å². The molecule has 136 valence electrons. The van der Waals surface area contributed by atoms with Crippen LogP contribution >= 0.6 is 0 Å². The molecule has 3 heteroatoms. The van der Waals surface area contributed by atoms with Gasteiger partial charge in [-0.2, -0.15) is 0 Å². The maximum Gasteiger partial charge on any atom is 0.224 e. The van der Waals surface area contributed by atoms with Crippen molar-refractivity contribution in [2.45, 2.75) is 90.9 Å². The fourth-order valence-electron chi connectivity index (χ4n) is 2.91. The number of hydrogen-bond acceptors (Lipinski definition) is 2. The molecule has 0 aromatic heterocycles. The van der Waals surface area contributed by atoms with Crippen molar-refractivity contribution < 1.29 is 9.90 Å². The minimum atomic E-state index is 0.0658. The Hall–Kier alpha value is -1.51. The zero-order valence-corrected chi connectivity index (χ0v) is 15.6. The highest BCUT2D eigenvalue weighted by Gasteiger charge is 2.04. The van der Waals surface area contributed by atoms with Crippen LogP contribution in [0.15, 0.2) is 18.2 Å². The number of carbonyl (C=O) groups is 1. The van der Waals surface area contributed by atoms with E-state index in [9.17, 15) is 9.90 Å². The van der Waals surface area contributed by atoms with E-state index in [1.807, 2.05) is 6.92 Å². The molecule has 0 bridgehead atoms. The van der Waals surface area contributed by atoms with Gasteiger partial charge in [0.25, 0.3) is 0 Å². The standard InChI is InChI=1S/C21H35NO2/c1-3-4-5-6-7-8-9-10-11-12-13-14-21(24)22-19-15-16-20(23)18(2)17-19/h15-17,23H,3-14H2,1-2H3,(H,22,24). The van der Waals surface area contributed by atoms with E-state index in [4.69, 9.17) is 0 Å². The Morgan fingerprint density at radius 2 is 1.46 bits per heavy atom. The van der Waals surface area contributed by atoms with Crippen LogP contribution in [0.2, 0.25) is 0 Å². The molecule has 0 aliphatic rings. The fraction of sp³-hybridized carbons (Fsp3) is 0.667. The van der Waals surface area contributed by atoms with Gasteiger partial charge in [0, 0.05) is 12.1 Å². The predicted molar refractivity (Wildman–Crippen MR) is 103 cm³/mol. The number of carbonyl (C=O) groups excluding carboxylic acids is 1. The zero-order valence-electron chi connectivity index (χ0n) is 15.6. The van der Waals surface area contributed by atoms with Crippen LogP contribution in [0.1, 0.15) is 89.5 Å². The minimum Gasteiger partial charge on any atom is -0.508 e. The Balaban J connectivity index is 1.97. The average Bonchev–Trinajstić information content (AvgIpc) is 2.56. The van der Waals surface area contributed by atoms with Gasteiger partial charge in [0.15, 0.2) is 0 Å². The molecule has 24 heavy (non-hydrogen) atoms. The number of phenols is 1. The largest absolute Gasteiger partial charge is 0.508 e. The zero-order chi connectivity index (χ0) is 17.6. The molecule has 0 spiro atoms. The third-order valence-electron chi connectivity index (χ3n) is 4.49. The lowest BCUT2D eigenvalue weighted by Gasteiger charge is -2.07. The Bertz CT molecular complexity index is 471. The summed E-state index contributed by atoms with van der Waals surface area (Å²) in [5.41, 5.74) is 1.54. The predicted octanol–water partition coefficient (Wildman–Crippen LogP) is 6.34. The van der Waals surface area contributed by atoms with Gasteiger partial charge in [-0.25, -0.2) is 0 Å². The number of anilines is 1. The number of phenolic OH excluding ortho intramolecular Hbond substituents is 1. The molecule has 3 nitrogen and oxygen atoms in total. The van der Waals surface area contributed by atoms with Gasteiger partial charge < -0.3 is 10.4 Å². The highest BCUT2D eigenvalue weighted by molar-refractivity contribution is 5.90. The summed E-state index contributed by atoms with van der Waals surface area (Å²) in [6, 6.07) is 5.15. The monoisotopic (exact) mass is 333 g/mol. The van der Waals surface area contributed by atoms with Gasteiger partial charge in [-0.3, -0.25) is 4.79 Å². The molecule has 0 aliphatic heterocycles. The van der Waals surface area contributed by atoms with Crippen LogP contribution in [0.25, 0.3) is 0 Å². The SMILES string of the molecule is CCCCCCCCCCCCCC(=O)Nc1ccc(O)c(C)c1. The number of unbranched alkanes of at least 4 members (excludes halogenated alkanes) is 10. The second kappa shape index (κ2) is 12.9. The van der Waals surface area contributed by atoms with Gasteiger partial charge in [0.2, 0.25) is 5.91 Å². The number of rotatable bonds is 13. The molecule has 1 aromatic carbocycles. The van der Waals surface area contributed by atoms with Crippen LogP contribution in [0.3, 0.4) is 0 Å². The first-order chi connectivity index (χ1) is 11.6. The van der Waals surface area contributed by atoms with E-state index >= 15 is 0 Å². The summed E-state index contributed by atoms with van der Waals surface area (Å²) in [4.78, 5) is 11.9. The number of benzene rings is 1. The Labute approximate surface area is 147 Å². The molecule has 1 aromatic rings. The quantitative estimate of drug-likeness (QED) is 0.327. The fourth-order valence-corrected chi connectivity index (χ4v) is 2.91. The Morgan fingerprint density at radius 3 is 2.00 bits per heavy atom. The molecule has 0 radical (unpaired) electrons. The van der Waals surface area contributed by atoms with E-state index in [1.165, 1.54) is 57.8 Å². The molecule has 0 unspecified atom stereocenters. The van der Waals surface area contributed by atoms with Crippen molar-refractivity contribution in [3.63, 3.8) is 0 Å². The summed E-state index contributed by atoms with van der Waals surface area (Å²) < 4.78 is 0. The molecule has 0 saturated heterocycles. The number of nitrogens with one attached hydrogen (secondary N) is 1. The van der Waals surface area contributed by atoms with Crippen molar-refractivity contribution in [3.05, 3.63) is 23.8 Å². The van der Waals surface area contributed by atoms with Gasteiger partial charge in [-0.1, -0.05) is 71.1 Å². The Morgan fingerprint density at radius 1 is 0.917 bits per heavy atom. The van der Waals surface area contributed by atoms with Crippen LogP contribution in [-0.4, -0.2) is 11.0 Å². The minimum absolute atomic E-state index is 0.0658. The van der Waals surface area contributed by atoms with Gasteiger partial charge in [0.05, 0.1) is 0 Å². The summed E-state index contributed by atoms with van der Waals surface area (Å²) in [5.74, 6) is 0.328. The van der Waals surface area contributed by atoms with Gasteiger partial charge in [0.1, 0.15) is 5.75 Å². The van der Waals surface area contributed by atoms with E-state index < -0.39 is 0 Å². The van der Waals surface area contributed by atoms with Crippen LogP contribution in [0, 0.1) is 6.92 Å². The van der Waals surface area contributed by atoms with E-state index in [0.717, 1.165) is 24.1 Å². The van der Waals surface area contributed by atoms with Crippen LogP contribution in [0.4, 0.5) is 5.69 Å².